The van der Waals surface area contributed by atoms with Crippen molar-refractivity contribution in [3.8, 4) is 0 Å². The van der Waals surface area contributed by atoms with Crippen molar-refractivity contribution >= 4 is 28.3 Å². The fourth-order valence-electron chi connectivity index (χ4n) is 3.11. The molecule has 0 aliphatic heterocycles. The van der Waals surface area contributed by atoms with Crippen molar-refractivity contribution in [3.05, 3.63) is 77.4 Å². The van der Waals surface area contributed by atoms with E-state index in [0.717, 1.165) is 27.5 Å². The van der Waals surface area contributed by atoms with E-state index in [4.69, 9.17) is 0 Å². The molecule has 0 aliphatic carbocycles. The molecule has 3 N–H and O–H groups in total. The zero-order valence-corrected chi connectivity index (χ0v) is 16.0. The smallest absolute Gasteiger partial charge is 0.313 e. The lowest BCUT2D eigenvalue weighted by atomic mass is 9.99. The SMILES string of the molecule is Cc1ccc(NC(=O)C(=O)NCC[C@H](O)c2cccc3ccccc23)cc1C. The number of aliphatic hydroxyl groups is 1. The van der Waals surface area contributed by atoms with Gasteiger partial charge in [-0.15, -0.1) is 0 Å². The van der Waals surface area contributed by atoms with Gasteiger partial charge in [0, 0.05) is 12.2 Å². The molecule has 0 bridgehead atoms. The highest BCUT2D eigenvalue weighted by molar-refractivity contribution is 6.39. The van der Waals surface area contributed by atoms with Crippen LogP contribution >= 0.6 is 0 Å². The van der Waals surface area contributed by atoms with Gasteiger partial charge in [-0.25, -0.2) is 0 Å². The maximum Gasteiger partial charge on any atom is 0.313 e. The highest BCUT2D eigenvalue weighted by Crippen LogP contribution is 2.25. The van der Waals surface area contributed by atoms with Crippen LogP contribution in [0.2, 0.25) is 0 Å². The van der Waals surface area contributed by atoms with Crippen molar-refractivity contribution in [2.24, 2.45) is 0 Å². The number of aryl methyl sites for hydroxylation is 2. The van der Waals surface area contributed by atoms with Gasteiger partial charge in [0.1, 0.15) is 0 Å². The van der Waals surface area contributed by atoms with Crippen molar-refractivity contribution in [1.29, 1.82) is 0 Å². The largest absolute Gasteiger partial charge is 0.388 e. The summed E-state index contributed by atoms with van der Waals surface area (Å²) in [6.07, 6.45) is -0.411. The van der Waals surface area contributed by atoms with E-state index >= 15 is 0 Å². The lowest BCUT2D eigenvalue weighted by molar-refractivity contribution is -0.136. The highest BCUT2D eigenvalue weighted by Gasteiger charge is 2.15. The number of benzene rings is 3. The standard InChI is InChI=1S/C23H24N2O3/c1-15-10-11-18(14-16(15)2)25-23(28)22(27)24-13-12-21(26)20-9-5-7-17-6-3-4-8-19(17)20/h3-11,14,21,26H,12-13H2,1-2H3,(H,24,27)(H,25,28)/t21-/m0/s1. The first-order chi connectivity index (χ1) is 13.5. The number of carbonyl (C=O) groups is 2. The Morgan fingerprint density at radius 1 is 0.929 bits per heavy atom. The number of amides is 2. The lowest BCUT2D eigenvalue weighted by Gasteiger charge is -2.14. The average Bonchev–Trinajstić information content (AvgIpc) is 2.70. The van der Waals surface area contributed by atoms with Crippen molar-refractivity contribution in [2.45, 2.75) is 26.4 Å². The second-order valence-corrected chi connectivity index (χ2v) is 6.88. The zero-order valence-electron chi connectivity index (χ0n) is 16.0. The van der Waals surface area contributed by atoms with Crippen molar-refractivity contribution in [2.75, 3.05) is 11.9 Å². The van der Waals surface area contributed by atoms with Gasteiger partial charge in [-0.05, 0) is 59.9 Å². The summed E-state index contributed by atoms with van der Waals surface area (Å²) in [6, 6.07) is 19.1. The molecule has 0 aliphatic rings. The van der Waals surface area contributed by atoms with E-state index < -0.39 is 17.9 Å². The van der Waals surface area contributed by atoms with Gasteiger partial charge in [0.05, 0.1) is 6.10 Å². The topological polar surface area (TPSA) is 78.4 Å². The number of aliphatic hydroxyl groups excluding tert-OH is 1. The molecule has 1 atom stereocenters. The molecule has 0 fully saturated rings. The summed E-state index contributed by atoms with van der Waals surface area (Å²) in [4.78, 5) is 24.1. The first-order valence-corrected chi connectivity index (χ1v) is 9.28. The summed E-state index contributed by atoms with van der Waals surface area (Å²) in [5.74, 6) is -1.44. The zero-order chi connectivity index (χ0) is 20.1. The van der Waals surface area contributed by atoms with E-state index in [9.17, 15) is 14.7 Å². The van der Waals surface area contributed by atoms with Crippen LogP contribution in [0.1, 0.15) is 29.2 Å². The van der Waals surface area contributed by atoms with Gasteiger partial charge < -0.3 is 15.7 Å². The maximum atomic E-state index is 12.0. The molecule has 0 heterocycles. The normalized spacial score (nSPS) is 11.8. The fourth-order valence-corrected chi connectivity index (χ4v) is 3.11. The molecular formula is C23H24N2O3. The molecule has 0 aromatic heterocycles. The summed E-state index contributed by atoms with van der Waals surface area (Å²) in [7, 11) is 0. The van der Waals surface area contributed by atoms with E-state index in [0.29, 0.717) is 12.1 Å². The minimum absolute atomic E-state index is 0.198. The Balaban J connectivity index is 1.54. The summed E-state index contributed by atoms with van der Waals surface area (Å²) < 4.78 is 0. The van der Waals surface area contributed by atoms with Crippen LogP contribution in [0.4, 0.5) is 5.69 Å². The van der Waals surface area contributed by atoms with Crippen LogP contribution in [0.15, 0.2) is 60.7 Å². The van der Waals surface area contributed by atoms with Gasteiger partial charge in [0.25, 0.3) is 0 Å². The molecule has 0 radical (unpaired) electrons. The molecule has 3 aromatic carbocycles. The summed E-state index contributed by atoms with van der Waals surface area (Å²) in [5.41, 5.74) is 3.55. The van der Waals surface area contributed by atoms with Gasteiger partial charge >= 0.3 is 11.8 Å². The molecule has 0 saturated heterocycles. The first-order valence-electron chi connectivity index (χ1n) is 9.28. The van der Waals surface area contributed by atoms with Crippen LogP contribution in [0.5, 0.6) is 0 Å². The molecular weight excluding hydrogens is 352 g/mol. The van der Waals surface area contributed by atoms with E-state index in [-0.39, 0.29) is 6.54 Å². The van der Waals surface area contributed by atoms with E-state index in [1.807, 2.05) is 68.4 Å². The summed E-state index contributed by atoms with van der Waals surface area (Å²) >= 11 is 0. The Morgan fingerprint density at radius 2 is 1.68 bits per heavy atom. The number of carbonyl (C=O) groups excluding carboxylic acids is 2. The minimum atomic E-state index is -0.728. The Hall–Kier alpha value is -3.18. The van der Waals surface area contributed by atoms with Crippen LogP contribution in [-0.4, -0.2) is 23.5 Å². The Bertz CT molecular complexity index is 1010. The predicted molar refractivity (Wildman–Crippen MR) is 111 cm³/mol. The summed E-state index contributed by atoms with van der Waals surface area (Å²) in [6.45, 7) is 4.12. The second-order valence-electron chi connectivity index (χ2n) is 6.88. The van der Waals surface area contributed by atoms with Gasteiger partial charge in [0.15, 0.2) is 0 Å². The molecule has 0 spiro atoms. The maximum absolute atomic E-state index is 12.0. The third kappa shape index (κ3) is 4.56. The molecule has 28 heavy (non-hydrogen) atoms. The molecule has 5 nitrogen and oxygen atoms in total. The van der Waals surface area contributed by atoms with E-state index in [1.165, 1.54) is 0 Å². The molecule has 144 valence electrons. The minimum Gasteiger partial charge on any atom is -0.388 e. The second kappa shape index (κ2) is 8.67. The average molecular weight is 376 g/mol. The van der Waals surface area contributed by atoms with Gasteiger partial charge in [-0.1, -0.05) is 48.5 Å². The Kier molecular flexibility index (Phi) is 6.06. The molecule has 5 heteroatoms. The molecule has 0 saturated carbocycles. The molecule has 3 rings (SSSR count). The first kappa shape index (κ1) is 19.6. The van der Waals surface area contributed by atoms with Crippen molar-refractivity contribution < 1.29 is 14.7 Å². The number of nitrogens with one attached hydrogen (secondary N) is 2. The molecule has 0 unspecified atom stereocenters. The van der Waals surface area contributed by atoms with Crippen molar-refractivity contribution in [3.63, 3.8) is 0 Å². The van der Waals surface area contributed by atoms with Crippen LogP contribution in [0.25, 0.3) is 10.8 Å². The van der Waals surface area contributed by atoms with Crippen LogP contribution in [-0.2, 0) is 9.59 Å². The Labute approximate surface area is 164 Å². The quantitative estimate of drug-likeness (QED) is 0.595. The summed E-state index contributed by atoms with van der Waals surface area (Å²) in [5, 5.41) is 17.7. The Morgan fingerprint density at radius 3 is 2.46 bits per heavy atom. The monoisotopic (exact) mass is 376 g/mol. The highest BCUT2D eigenvalue weighted by atomic mass is 16.3. The van der Waals surface area contributed by atoms with Crippen LogP contribution in [0.3, 0.4) is 0 Å². The third-order valence-electron chi connectivity index (χ3n) is 4.86. The third-order valence-corrected chi connectivity index (χ3v) is 4.86. The number of rotatable bonds is 5. The van der Waals surface area contributed by atoms with E-state index in [1.54, 1.807) is 6.07 Å². The van der Waals surface area contributed by atoms with Gasteiger partial charge in [0.2, 0.25) is 0 Å². The van der Waals surface area contributed by atoms with E-state index in [2.05, 4.69) is 10.6 Å². The number of hydrogen-bond acceptors (Lipinski definition) is 3. The number of hydrogen-bond donors (Lipinski definition) is 3. The number of fused-ring (bicyclic) bond motifs is 1. The van der Waals surface area contributed by atoms with Gasteiger partial charge in [-0.2, -0.15) is 0 Å². The molecule has 2 amide bonds. The van der Waals surface area contributed by atoms with Crippen LogP contribution < -0.4 is 10.6 Å². The fraction of sp³-hybridized carbons (Fsp3) is 0.217. The van der Waals surface area contributed by atoms with Gasteiger partial charge in [-0.3, -0.25) is 9.59 Å². The van der Waals surface area contributed by atoms with Crippen LogP contribution in [0, 0.1) is 13.8 Å². The van der Waals surface area contributed by atoms with Crippen molar-refractivity contribution in [1.82, 2.24) is 5.32 Å². The number of anilines is 1. The molecule has 3 aromatic rings. The lowest BCUT2D eigenvalue weighted by Crippen LogP contribution is -2.36. The predicted octanol–water partition coefficient (Wildman–Crippen LogP) is 3.64.